The molecule has 0 fully saturated rings. The number of benzene rings is 2. The molecule has 4 rings (SSSR count). The first-order chi connectivity index (χ1) is 10.2. The molecule has 0 aliphatic carbocycles. The van der Waals surface area contributed by atoms with Crippen molar-refractivity contribution in [2.75, 3.05) is 11.9 Å². The maximum Gasteiger partial charge on any atom is 0.262 e. The molecule has 6 nitrogen and oxygen atoms in total. The molecule has 2 heterocycles. The van der Waals surface area contributed by atoms with Gasteiger partial charge in [0.15, 0.2) is 11.5 Å². The molecule has 2 N–H and O–H groups in total. The highest BCUT2D eigenvalue weighted by Crippen LogP contribution is 2.46. The first-order valence-corrected chi connectivity index (χ1v) is 6.41. The second-order valence-corrected chi connectivity index (χ2v) is 4.91. The van der Waals surface area contributed by atoms with E-state index >= 15 is 0 Å². The van der Waals surface area contributed by atoms with Crippen LogP contribution in [0, 0.1) is 0 Å². The Morgan fingerprint density at radius 1 is 1.10 bits per heavy atom. The molecule has 0 saturated carbocycles. The minimum Gasteiger partial charge on any atom is -0.507 e. The fraction of sp³-hybridized carbons (Fsp3) is 0.133. The number of fused-ring (bicyclic) bond motifs is 2. The van der Waals surface area contributed by atoms with Crippen LogP contribution < -0.4 is 14.5 Å². The Morgan fingerprint density at radius 2 is 1.81 bits per heavy atom. The minimum atomic E-state index is -0.763. The average Bonchev–Trinajstić information content (AvgIpc) is 3.03. The zero-order valence-electron chi connectivity index (χ0n) is 10.8. The molecule has 21 heavy (non-hydrogen) atoms. The first-order valence-electron chi connectivity index (χ1n) is 6.41. The summed E-state index contributed by atoms with van der Waals surface area (Å²) in [6, 6.07) is 9.92. The molecule has 0 aromatic heterocycles. The van der Waals surface area contributed by atoms with Crippen molar-refractivity contribution in [1.29, 1.82) is 0 Å². The highest BCUT2D eigenvalue weighted by atomic mass is 16.7. The third-order valence-electron chi connectivity index (χ3n) is 3.76. The number of anilines is 1. The largest absolute Gasteiger partial charge is 0.507 e. The van der Waals surface area contributed by atoms with E-state index in [0.717, 1.165) is 0 Å². The van der Waals surface area contributed by atoms with Crippen LogP contribution in [0.15, 0.2) is 36.4 Å². The second kappa shape index (κ2) is 4.13. The number of para-hydroxylation sites is 1. The molecular formula is C15H11NO5. The predicted octanol–water partition coefficient (Wildman–Crippen LogP) is 1.99. The van der Waals surface area contributed by atoms with Gasteiger partial charge in [-0.15, -0.1) is 0 Å². The number of rotatable bonds is 1. The first kappa shape index (κ1) is 12.0. The number of hydrogen-bond acceptors (Lipinski definition) is 5. The van der Waals surface area contributed by atoms with Crippen molar-refractivity contribution >= 4 is 11.6 Å². The lowest BCUT2D eigenvalue weighted by atomic mass is 9.91. The number of amides is 1. The molecule has 0 bridgehead atoms. The van der Waals surface area contributed by atoms with E-state index in [1.807, 2.05) is 0 Å². The summed E-state index contributed by atoms with van der Waals surface area (Å²) < 4.78 is 10.5. The normalized spacial score (nSPS) is 19.0. The van der Waals surface area contributed by atoms with Gasteiger partial charge < -0.3 is 14.6 Å². The van der Waals surface area contributed by atoms with E-state index in [1.165, 1.54) is 6.07 Å². The number of carbonyl (C=O) groups excluding carboxylic acids is 1. The third-order valence-corrected chi connectivity index (χ3v) is 3.76. The Morgan fingerprint density at radius 3 is 2.62 bits per heavy atom. The van der Waals surface area contributed by atoms with Crippen molar-refractivity contribution in [1.82, 2.24) is 0 Å². The lowest BCUT2D eigenvalue weighted by Crippen LogP contribution is -2.25. The summed E-state index contributed by atoms with van der Waals surface area (Å²) in [5.74, 6) is -0.422. The smallest absolute Gasteiger partial charge is 0.262 e. The van der Waals surface area contributed by atoms with Gasteiger partial charge in [0.05, 0.1) is 11.6 Å². The molecule has 1 atom stereocenters. The molecular weight excluding hydrogens is 274 g/mol. The Balaban J connectivity index is 1.89. The monoisotopic (exact) mass is 285 g/mol. The molecule has 0 saturated heterocycles. The Labute approximate surface area is 119 Å². The topological polar surface area (TPSA) is 79.2 Å². The molecule has 0 radical (unpaired) electrons. The maximum absolute atomic E-state index is 12.3. The Bertz CT molecular complexity index is 758. The molecule has 0 spiro atoms. The van der Waals surface area contributed by atoms with Crippen LogP contribution in [0.5, 0.6) is 17.2 Å². The van der Waals surface area contributed by atoms with Crippen LogP contribution in [0.3, 0.4) is 0 Å². The SMILES string of the molecule is O=C1C(c2cc3c(cc2O)OCO3)c2ccccc2N1O. The number of hydrogen-bond donors (Lipinski definition) is 2. The van der Waals surface area contributed by atoms with Gasteiger partial charge in [-0.25, -0.2) is 0 Å². The van der Waals surface area contributed by atoms with Gasteiger partial charge in [0.1, 0.15) is 5.75 Å². The average molecular weight is 285 g/mol. The van der Waals surface area contributed by atoms with Gasteiger partial charge in [-0.1, -0.05) is 18.2 Å². The van der Waals surface area contributed by atoms with Crippen molar-refractivity contribution < 1.29 is 24.6 Å². The van der Waals surface area contributed by atoms with Crippen molar-refractivity contribution in [2.24, 2.45) is 0 Å². The molecule has 1 amide bonds. The van der Waals surface area contributed by atoms with Gasteiger partial charge in [-0.3, -0.25) is 10.0 Å². The zero-order valence-corrected chi connectivity index (χ0v) is 10.8. The highest BCUT2D eigenvalue weighted by molar-refractivity contribution is 6.05. The van der Waals surface area contributed by atoms with E-state index in [2.05, 4.69) is 0 Å². The molecule has 6 heteroatoms. The fourth-order valence-corrected chi connectivity index (χ4v) is 2.78. The Kier molecular flexibility index (Phi) is 2.37. The van der Waals surface area contributed by atoms with E-state index in [-0.39, 0.29) is 12.5 Å². The summed E-state index contributed by atoms with van der Waals surface area (Å²) in [5.41, 5.74) is 1.44. The summed E-state index contributed by atoms with van der Waals surface area (Å²) in [6.45, 7) is 0.0829. The van der Waals surface area contributed by atoms with Crippen molar-refractivity contribution in [2.45, 2.75) is 5.92 Å². The van der Waals surface area contributed by atoms with Crippen LogP contribution in [0.4, 0.5) is 5.69 Å². The molecule has 1 unspecified atom stereocenters. The van der Waals surface area contributed by atoms with Crippen molar-refractivity contribution in [3.63, 3.8) is 0 Å². The van der Waals surface area contributed by atoms with Gasteiger partial charge in [0.25, 0.3) is 5.91 Å². The standard InChI is InChI=1S/C15H11NO5/c17-11-6-13-12(20-7-21-13)5-9(11)14-8-3-1-2-4-10(8)16(19)15(14)18/h1-6,14,17,19H,7H2. The maximum atomic E-state index is 12.3. The number of nitrogens with zero attached hydrogens (tertiary/aromatic N) is 1. The molecule has 2 aromatic carbocycles. The van der Waals surface area contributed by atoms with E-state index in [1.54, 1.807) is 30.3 Å². The van der Waals surface area contributed by atoms with E-state index in [4.69, 9.17) is 9.47 Å². The number of ether oxygens (including phenoxy) is 2. The second-order valence-electron chi connectivity index (χ2n) is 4.91. The lowest BCUT2D eigenvalue weighted by Gasteiger charge is -2.12. The summed E-state index contributed by atoms with van der Waals surface area (Å²) >= 11 is 0. The number of phenols is 1. The van der Waals surface area contributed by atoms with Gasteiger partial charge in [-0.2, -0.15) is 5.06 Å². The number of phenolic OH excluding ortho intramolecular Hbond substituents is 1. The molecule has 2 aliphatic heterocycles. The fourth-order valence-electron chi connectivity index (χ4n) is 2.78. The van der Waals surface area contributed by atoms with Crippen molar-refractivity contribution in [3.05, 3.63) is 47.5 Å². The van der Waals surface area contributed by atoms with E-state index in [0.29, 0.717) is 33.4 Å². The van der Waals surface area contributed by atoms with Crippen LogP contribution in [-0.4, -0.2) is 23.0 Å². The van der Waals surface area contributed by atoms with Crippen LogP contribution in [-0.2, 0) is 4.79 Å². The summed E-state index contributed by atoms with van der Waals surface area (Å²) in [4.78, 5) is 12.3. The summed E-state index contributed by atoms with van der Waals surface area (Å²) in [7, 11) is 0. The van der Waals surface area contributed by atoms with Gasteiger partial charge in [-0.05, 0) is 17.7 Å². The predicted molar refractivity (Wildman–Crippen MR) is 71.8 cm³/mol. The lowest BCUT2D eigenvalue weighted by molar-refractivity contribution is -0.123. The number of hydroxylamine groups is 1. The van der Waals surface area contributed by atoms with Gasteiger partial charge in [0.2, 0.25) is 6.79 Å². The van der Waals surface area contributed by atoms with Crippen molar-refractivity contribution in [3.8, 4) is 17.2 Å². The summed E-state index contributed by atoms with van der Waals surface area (Å²) in [5, 5.41) is 20.7. The zero-order chi connectivity index (χ0) is 14.6. The third kappa shape index (κ3) is 1.59. The van der Waals surface area contributed by atoms with Gasteiger partial charge in [0, 0.05) is 11.6 Å². The number of aromatic hydroxyl groups is 1. The van der Waals surface area contributed by atoms with Crippen LogP contribution in [0.1, 0.15) is 17.0 Å². The highest BCUT2D eigenvalue weighted by Gasteiger charge is 2.39. The molecule has 2 aliphatic rings. The van der Waals surface area contributed by atoms with Crippen LogP contribution in [0.25, 0.3) is 0 Å². The molecule has 2 aromatic rings. The number of carbonyl (C=O) groups is 1. The van der Waals surface area contributed by atoms with Crippen LogP contribution >= 0.6 is 0 Å². The Hall–Kier alpha value is -2.73. The summed E-state index contributed by atoms with van der Waals surface area (Å²) in [6.07, 6.45) is 0. The van der Waals surface area contributed by atoms with E-state index in [9.17, 15) is 15.1 Å². The molecule has 106 valence electrons. The van der Waals surface area contributed by atoms with Gasteiger partial charge >= 0.3 is 0 Å². The quantitative estimate of drug-likeness (QED) is 0.783. The van der Waals surface area contributed by atoms with Crippen LogP contribution in [0.2, 0.25) is 0 Å². The minimum absolute atomic E-state index is 0.0669. The van der Waals surface area contributed by atoms with E-state index < -0.39 is 11.8 Å².